The first-order valence-electron chi connectivity index (χ1n) is 7.19. The molecule has 0 atom stereocenters. The van der Waals surface area contributed by atoms with Gasteiger partial charge in [-0.2, -0.15) is 0 Å². The first-order valence-corrected chi connectivity index (χ1v) is 7.19. The highest BCUT2D eigenvalue weighted by atomic mass is 16.1. The summed E-state index contributed by atoms with van der Waals surface area (Å²) < 4.78 is 0. The molecular weight excluding hydrogens is 276 g/mol. The number of H-pyrrole nitrogens is 1. The topological polar surface area (TPSA) is 76.0 Å². The van der Waals surface area contributed by atoms with E-state index in [1.54, 1.807) is 6.07 Å². The molecule has 4 rings (SSSR count). The van der Waals surface area contributed by atoms with E-state index in [-0.39, 0.29) is 11.2 Å². The third kappa shape index (κ3) is 1.74. The molecule has 1 aromatic heterocycles. The molecule has 0 unspecified atom stereocenters. The fraction of sp³-hybridized carbons (Fsp3) is 0.111. The number of ketones is 1. The molecule has 3 aromatic rings. The van der Waals surface area contributed by atoms with E-state index in [9.17, 15) is 9.59 Å². The van der Waals surface area contributed by atoms with Gasteiger partial charge in [0.05, 0.1) is 5.69 Å². The number of nitrogens with one attached hydrogen (secondary N) is 1. The molecular formula is C18H14N2O2. The van der Waals surface area contributed by atoms with Crippen LogP contribution in [0.2, 0.25) is 0 Å². The van der Waals surface area contributed by atoms with Gasteiger partial charge in [-0.25, -0.2) is 0 Å². The van der Waals surface area contributed by atoms with Crippen molar-refractivity contribution in [3.63, 3.8) is 0 Å². The molecule has 108 valence electrons. The lowest BCUT2D eigenvalue weighted by Crippen LogP contribution is -2.24. The Labute approximate surface area is 126 Å². The number of aromatic amines is 1. The fourth-order valence-corrected chi connectivity index (χ4v) is 3.08. The highest BCUT2D eigenvalue weighted by molar-refractivity contribution is 6.12. The van der Waals surface area contributed by atoms with Crippen LogP contribution in [0.1, 0.15) is 32.7 Å². The summed E-state index contributed by atoms with van der Waals surface area (Å²) in [5, 5.41) is 0.621. The van der Waals surface area contributed by atoms with Crippen LogP contribution in [0.4, 0.5) is 0 Å². The number of hydrogen-bond donors (Lipinski definition) is 2. The van der Waals surface area contributed by atoms with Crippen molar-refractivity contribution in [2.24, 2.45) is 5.73 Å². The van der Waals surface area contributed by atoms with Crippen molar-refractivity contribution in [2.45, 2.75) is 13.0 Å². The zero-order chi connectivity index (χ0) is 15.3. The van der Waals surface area contributed by atoms with Crippen molar-refractivity contribution < 1.29 is 4.79 Å². The summed E-state index contributed by atoms with van der Waals surface area (Å²) in [7, 11) is 0. The first kappa shape index (κ1) is 13.0. The van der Waals surface area contributed by atoms with E-state index >= 15 is 0 Å². The third-order valence-electron chi connectivity index (χ3n) is 4.26. The smallest absolute Gasteiger partial charge is 0.209 e. The molecule has 22 heavy (non-hydrogen) atoms. The zero-order valence-corrected chi connectivity index (χ0v) is 11.8. The lowest BCUT2D eigenvalue weighted by atomic mass is 9.86. The number of benzene rings is 2. The monoisotopic (exact) mass is 290 g/mol. The highest BCUT2D eigenvalue weighted by Crippen LogP contribution is 2.26. The van der Waals surface area contributed by atoms with Crippen molar-refractivity contribution in [2.75, 3.05) is 0 Å². The van der Waals surface area contributed by atoms with Crippen LogP contribution in [-0.2, 0) is 13.0 Å². The van der Waals surface area contributed by atoms with Gasteiger partial charge in [0, 0.05) is 35.0 Å². The van der Waals surface area contributed by atoms with Crippen molar-refractivity contribution in [1.82, 2.24) is 4.98 Å². The van der Waals surface area contributed by atoms with Crippen molar-refractivity contribution in [1.29, 1.82) is 0 Å². The first-order chi connectivity index (χ1) is 10.7. The van der Waals surface area contributed by atoms with Crippen LogP contribution >= 0.6 is 0 Å². The molecule has 0 fully saturated rings. The molecule has 2 aromatic carbocycles. The van der Waals surface area contributed by atoms with Crippen LogP contribution < -0.4 is 11.2 Å². The molecule has 4 nitrogen and oxygen atoms in total. The predicted octanol–water partition coefficient (Wildman–Crippen LogP) is 2.12. The predicted molar refractivity (Wildman–Crippen MR) is 85.1 cm³/mol. The van der Waals surface area contributed by atoms with Crippen LogP contribution in [0.5, 0.6) is 0 Å². The Hall–Kier alpha value is -2.72. The van der Waals surface area contributed by atoms with Crippen molar-refractivity contribution in [3.8, 4) is 0 Å². The molecule has 0 bridgehead atoms. The molecule has 0 amide bonds. The normalized spacial score (nSPS) is 13.0. The van der Waals surface area contributed by atoms with Gasteiger partial charge < -0.3 is 10.7 Å². The van der Waals surface area contributed by atoms with Gasteiger partial charge in [-0.05, 0) is 29.3 Å². The number of carbonyl (C=O) groups is 1. The summed E-state index contributed by atoms with van der Waals surface area (Å²) in [5.41, 5.74) is 9.68. The lowest BCUT2D eigenvalue weighted by Gasteiger charge is -2.19. The van der Waals surface area contributed by atoms with E-state index in [0.29, 0.717) is 40.7 Å². The molecule has 0 saturated carbocycles. The van der Waals surface area contributed by atoms with Crippen LogP contribution in [0, 0.1) is 0 Å². The minimum absolute atomic E-state index is 0.0637. The van der Waals surface area contributed by atoms with E-state index in [1.807, 2.05) is 36.4 Å². The summed E-state index contributed by atoms with van der Waals surface area (Å²) in [6.45, 7) is 0.391. The second-order valence-corrected chi connectivity index (χ2v) is 5.55. The lowest BCUT2D eigenvalue weighted by molar-refractivity contribution is 0.103. The Bertz CT molecular complexity index is 986. The number of rotatable bonds is 1. The number of pyridine rings is 1. The summed E-state index contributed by atoms with van der Waals surface area (Å²) >= 11 is 0. The van der Waals surface area contributed by atoms with Gasteiger partial charge in [0.2, 0.25) is 5.78 Å². The number of para-hydroxylation sites is 1. The highest BCUT2D eigenvalue weighted by Gasteiger charge is 2.26. The average Bonchev–Trinajstić information content (AvgIpc) is 2.56. The maximum absolute atomic E-state index is 12.8. The molecule has 0 aliphatic heterocycles. The quantitative estimate of drug-likeness (QED) is 0.564. The van der Waals surface area contributed by atoms with Gasteiger partial charge in [-0.1, -0.05) is 24.3 Å². The van der Waals surface area contributed by atoms with E-state index < -0.39 is 0 Å². The Morgan fingerprint density at radius 1 is 1.09 bits per heavy atom. The fourth-order valence-electron chi connectivity index (χ4n) is 3.08. The SMILES string of the molecule is NCc1ccc2c(c1)C(=O)c1[nH]c3ccccc3c(=O)c1C2. The van der Waals surface area contributed by atoms with E-state index in [4.69, 9.17) is 5.73 Å². The Balaban J connectivity index is 2.01. The minimum Gasteiger partial charge on any atom is -0.351 e. The largest absolute Gasteiger partial charge is 0.351 e. The molecule has 4 heteroatoms. The second-order valence-electron chi connectivity index (χ2n) is 5.55. The second kappa shape index (κ2) is 4.64. The number of aromatic nitrogens is 1. The third-order valence-corrected chi connectivity index (χ3v) is 4.26. The molecule has 1 aliphatic rings. The Morgan fingerprint density at radius 2 is 1.91 bits per heavy atom. The maximum atomic E-state index is 12.8. The van der Waals surface area contributed by atoms with Gasteiger partial charge in [0.25, 0.3) is 0 Å². The number of fused-ring (bicyclic) bond motifs is 3. The van der Waals surface area contributed by atoms with E-state index in [0.717, 1.165) is 11.1 Å². The molecule has 0 spiro atoms. The molecule has 3 N–H and O–H groups in total. The van der Waals surface area contributed by atoms with Crippen LogP contribution in [-0.4, -0.2) is 10.8 Å². The Kier molecular flexibility index (Phi) is 2.74. The molecule has 0 radical (unpaired) electrons. The van der Waals surface area contributed by atoms with Crippen LogP contribution in [0.25, 0.3) is 10.9 Å². The van der Waals surface area contributed by atoms with Crippen molar-refractivity contribution >= 4 is 16.7 Å². The van der Waals surface area contributed by atoms with Gasteiger partial charge in [0.1, 0.15) is 0 Å². The van der Waals surface area contributed by atoms with Gasteiger partial charge in [-0.15, -0.1) is 0 Å². The van der Waals surface area contributed by atoms with Crippen LogP contribution in [0.3, 0.4) is 0 Å². The zero-order valence-electron chi connectivity index (χ0n) is 11.8. The summed E-state index contributed by atoms with van der Waals surface area (Å²) in [5.74, 6) is -0.130. The van der Waals surface area contributed by atoms with Gasteiger partial charge in [-0.3, -0.25) is 9.59 Å². The van der Waals surface area contributed by atoms with Gasteiger partial charge in [0.15, 0.2) is 5.43 Å². The standard InChI is InChI=1S/C18H14N2O2/c19-9-10-5-6-11-8-14-16(18(22)13(11)7-10)20-15-4-2-1-3-12(15)17(14)21/h1-7H,8-9,19H2,(H,20,21). The summed E-state index contributed by atoms with van der Waals surface area (Å²) in [6, 6.07) is 12.9. The van der Waals surface area contributed by atoms with E-state index in [1.165, 1.54) is 0 Å². The van der Waals surface area contributed by atoms with Crippen LogP contribution in [0.15, 0.2) is 47.3 Å². The average molecular weight is 290 g/mol. The number of hydrogen-bond acceptors (Lipinski definition) is 3. The molecule has 0 saturated heterocycles. The summed E-state index contributed by atoms with van der Waals surface area (Å²) in [6.07, 6.45) is 0.474. The maximum Gasteiger partial charge on any atom is 0.209 e. The van der Waals surface area contributed by atoms with E-state index in [2.05, 4.69) is 4.98 Å². The summed E-state index contributed by atoms with van der Waals surface area (Å²) in [4.78, 5) is 28.6. The molecule has 1 aliphatic carbocycles. The number of nitrogens with two attached hydrogens (primary N) is 1. The number of carbonyl (C=O) groups excluding carboxylic acids is 1. The van der Waals surface area contributed by atoms with Crippen molar-refractivity contribution in [3.05, 3.63) is 80.6 Å². The Morgan fingerprint density at radius 3 is 2.73 bits per heavy atom. The van der Waals surface area contributed by atoms with Gasteiger partial charge >= 0.3 is 0 Å². The minimum atomic E-state index is -0.130. The molecule has 1 heterocycles.